The largest absolute Gasteiger partial charge is 0.503 e. The van der Waals surface area contributed by atoms with E-state index in [-0.39, 0.29) is 5.75 Å². The summed E-state index contributed by atoms with van der Waals surface area (Å²) in [6, 6.07) is 1.99. The summed E-state index contributed by atoms with van der Waals surface area (Å²) in [7, 11) is 10.1. The molecule has 0 unspecified atom stereocenters. The predicted molar refractivity (Wildman–Crippen MR) is 92.3 cm³/mol. The molecule has 1 N–H and O–H groups in total. The van der Waals surface area contributed by atoms with Gasteiger partial charge >= 0.3 is 0 Å². The smallest absolute Gasteiger partial charge is 0.173 e. The van der Waals surface area contributed by atoms with Crippen LogP contribution in [0.15, 0.2) is 15.9 Å². The fraction of sp³-hybridized carbons (Fsp3) is 0.500. The third-order valence-corrected chi connectivity index (χ3v) is 11.3. The molecule has 1 aromatic rings. The maximum Gasteiger partial charge on any atom is 0.173 e. The van der Waals surface area contributed by atoms with E-state index in [1.54, 1.807) is 58.2 Å². The summed E-state index contributed by atoms with van der Waals surface area (Å²) in [5.41, 5.74) is 1.28. The van der Waals surface area contributed by atoms with Gasteiger partial charge in [-0.05, 0) is 81.5 Å². The minimum atomic E-state index is 0.277. The molecule has 19 heavy (non-hydrogen) atoms. The van der Waals surface area contributed by atoms with Gasteiger partial charge < -0.3 is 9.84 Å². The fourth-order valence-corrected chi connectivity index (χ4v) is 10.9. The number of benzene rings is 1. The number of aryl methyl sites for hydroxylation is 1. The summed E-state index contributed by atoms with van der Waals surface area (Å²) in [4.78, 5) is 2.15. The predicted octanol–water partition coefficient (Wildman–Crippen LogP) is 6.05. The highest BCUT2D eigenvalue weighted by molar-refractivity contribution is 9.36. The van der Waals surface area contributed by atoms with Crippen LogP contribution >= 0.6 is 51.1 Å². The van der Waals surface area contributed by atoms with E-state index in [9.17, 15) is 5.11 Å². The van der Waals surface area contributed by atoms with E-state index in [1.165, 1.54) is 10.5 Å². The molecular formula is C12H16O2S5. The zero-order valence-electron chi connectivity index (χ0n) is 11.0. The average molecular weight is 353 g/mol. The minimum absolute atomic E-state index is 0.277. The molecule has 0 amide bonds. The van der Waals surface area contributed by atoms with Crippen molar-refractivity contribution in [2.45, 2.75) is 36.5 Å². The molecule has 7 heteroatoms. The van der Waals surface area contributed by atoms with Crippen molar-refractivity contribution in [3.63, 3.8) is 0 Å². The third kappa shape index (κ3) is 4.03. The van der Waals surface area contributed by atoms with Gasteiger partial charge in [-0.25, -0.2) is 0 Å². The molecule has 2 rings (SSSR count). The highest BCUT2D eigenvalue weighted by Gasteiger charge is 2.22. The van der Waals surface area contributed by atoms with Crippen LogP contribution in [0.5, 0.6) is 11.5 Å². The van der Waals surface area contributed by atoms with Gasteiger partial charge in [0.05, 0.1) is 12.0 Å². The first kappa shape index (κ1) is 15.9. The van der Waals surface area contributed by atoms with Gasteiger partial charge in [0.15, 0.2) is 11.5 Å². The van der Waals surface area contributed by atoms with Crippen LogP contribution in [-0.4, -0.2) is 12.2 Å². The maximum atomic E-state index is 10.3. The lowest BCUT2D eigenvalue weighted by molar-refractivity contribution is 0.364. The number of rotatable bonds is 4. The van der Waals surface area contributed by atoms with Gasteiger partial charge in [0, 0.05) is 4.90 Å². The highest BCUT2D eigenvalue weighted by Crippen LogP contribution is 2.62. The van der Waals surface area contributed by atoms with E-state index in [4.69, 9.17) is 4.74 Å². The molecule has 0 saturated carbocycles. The molecule has 1 aromatic carbocycles. The first-order valence-electron chi connectivity index (χ1n) is 5.90. The van der Waals surface area contributed by atoms with E-state index in [1.807, 2.05) is 6.07 Å². The van der Waals surface area contributed by atoms with Crippen molar-refractivity contribution in [3.05, 3.63) is 11.6 Å². The van der Waals surface area contributed by atoms with Crippen LogP contribution in [-0.2, 0) is 6.42 Å². The van der Waals surface area contributed by atoms with Crippen LogP contribution in [0.3, 0.4) is 0 Å². The van der Waals surface area contributed by atoms with Gasteiger partial charge in [-0.3, -0.25) is 0 Å². The topological polar surface area (TPSA) is 29.5 Å². The Morgan fingerprint density at radius 3 is 2.47 bits per heavy atom. The van der Waals surface area contributed by atoms with Crippen LogP contribution in [0.2, 0.25) is 0 Å². The summed E-state index contributed by atoms with van der Waals surface area (Å²) in [5, 5.41) is 10.3. The number of hydrogen-bond acceptors (Lipinski definition) is 7. The second-order valence-corrected chi connectivity index (χ2v) is 12.0. The van der Waals surface area contributed by atoms with Crippen molar-refractivity contribution >= 4 is 51.1 Å². The number of phenols is 1. The molecular weight excluding hydrogens is 336 g/mol. The van der Waals surface area contributed by atoms with Gasteiger partial charge in [0.1, 0.15) is 0 Å². The third-order valence-electron chi connectivity index (χ3n) is 2.75. The van der Waals surface area contributed by atoms with Crippen molar-refractivity contribution in [1.82, 2.24) is 0 Å². The number of phenolic OH excluding ortho intramolecular Hbond substituents is 1. The van der Waals surface area contributed by atoms with Crippen LogP contribution in [0.25, 0.3) is 0 Å². The molecule has 0 radical (unpaired) electrons. The van der Waals surface area contributed by atoms with Gasteiger partial charge in [-0.2, -0.15) is 0 Å². The van der Waals surface area contributed by atoms with E-state index >= 15 is 0 Å². The Hall–Kier alpha value is 0.570. The summed E-state index contributed by atoms with van der Waals surface area (Å²) >= 11 is 0. The summed E-state index contributed by atoms with van der Waals surface area (Å²) in [6.45, 7) is 4.47. The number of hydrogen-bond donors (Lipinski definition) is 1. The van der Waals surface area contributed by atoms with E-state index < -0.39 is 0 Å². The molecule has 0 atom stereocenters. The molecule has 0 fully saturated rings. The second kappa shape index (κ2) is 7.54. The number of aromatic hydroxyl groups is 1. The van der Waals surface area contributed by atoms with Gasteiger partial charge in [0.2, 0.25) is 0 Å². The molecule has 1 aliphatic rings. The SMILES string of the molecule is COc1cc(CCC(C)C)c2c(c1O)SSSSS2. The molecule has 0 aromatic heterocycles. The van der Waals surface area contributed by atoms with Crippen molar-refractivity contribution in [1.29, 1.82) is 0 Å². The second-order valence-electron chi connectivity index (χ2n) is 4.55. The van der Waals surface area contributed by atoms with Crippen molar-refractivity contribution in [3.8, 4) is 11.5 Å². The summed E-state index contributed by atoms with van der Waals surface area (Å²) in [6.07, 6.45) is 2.18. The molecule has 0 aliphatic carbocycles. The fourth-order valence-electron chi connectivity index (χ4n) is 1.72. The molecule has 106 valence electrons. The monoisotopic (exact) mass is 352 g/mol. The number of fused-ring (bicyclic) bond motifs is 1. The summed E-state index contributed by atoms with van der Waals surface area (Å²) in [5.74, 6) is 1.54. The Labute approximate surface area is 133 Å². The minimum Gasteiger partial charge on any atom is -0.503 e. The Kier molecular flexibility index (Phi) is 6.33. The van der Waals surface area contributed by atoms with E-state index in [2.05, 4.69) is 13.8 Å². The average Bonchev–Trinajstić information content (AvgIpc) is 2.64. The zero-order chi connectivity index (χ0) is 13.8. The zero-order valence-corrected chi connectivity index (χ0v) is 15.0. The molecule has 0 saturated heterocycles. The van der Waals surface area contributed by atoms with E-state index in [0.717, 1.165) is 17.7 Å². The van der Waals surface area contributed by atoms with Gasteiger partial charge in [0.25, 0.3) is 0 Å². The van der Waals surface area contributed by atoms with Crippen LogP contribution < -0.4 is 4.74 Å². The lowest BCUT2D eigenvalue weighted by Gasteiger charge is -2.15. The molecule has 2 nitrogen and oxygen atoms in total. The normalized spacial score (nSPS) is 15.2. The lowest BCUT2D eigenvalue weighted by Crippen LogP contribution is -1.97. The molecule has 0 bridgehead atoms. The maximum absolute atomic E-state index is 10.3. The first-order chi connectivity index (χ1) is 9.13. The molecule has 0 spiro atoms. The Morgan fingerprint density at radius 1 is 1.16 bits per heavy atom. The Bertz CT molecular complexity index is 450. The van der Waals surface area contributed by atoms with Crippen molar-refractivity contribution in [2.75, 3.05) is 7.11 Å². The Balaban J connectivity index is 2.40. The van der Waals surface area contributed by atoms with Crippen LogP contribution in [0, 0.1) is 5.92 Å². The van der Waals surface area contributed by atoms with Crippen molar-refractivity contribution < 1.29 is 9.84 Å². The van der Waals surface area contributed by atoms with Crippen LogP contribution in [0.1, 0.15) is 25.8 Å². The molecule has 1 heterocycles. The highest BCUT2D eigenvalue weighted by atomic mass is 33.8. The van der Waals surface area contributed by atoms with Gasteiger partial charge in [-0.1, -0.05) is 13.8 Å². The number of methoxy groups -OCH3 is 1. The quantitative estimate of drug-likeness (QED) is 0.660. The standard InChI is InChI=1S/C12H16O2S5/c1-7(2)4-5-8-6-9(14-3)10(13)12-11(8)15-17-19-18-16-12/h6-7,13H,4-5H2,1-3H3. The number of ether oxygens (including phenoxy) is 1. The van der Waals surface area contributed by atoms with Crippen molar-refractivity contribution in [2.24, 2.45) is 5.92 Å². The van der Waals surface area contributed by atoms with Gasteiger partial charge in [-0.15, -0.1) is 0 Å². The van der Waals surface area contributed by atoms with Crippen LogP contribution in [0.4, 0.5) is 0 Å². The Morgan fingerprint density at radius 2 is 1.84 bits per heavy atom. The molecule has 1 aliphatic heterocycles. The summed E-state index contributed by atoms with van der Waals surface area (Å²) < 4.78 is 5.30. The lowest BCUT2D eigenvalue weighted by atomic mass is 10.0. The first-order valence-corrected chi connectivity index (χ1v) is 12.1. The van der Waals surface area contributed by atoms with E-state index in [0.29, 0.717) is 11.7 Å².